The van der Waals surface area contributed by atoms with E-state index in [1.165, 1.54) is 74.6 Å². The molecule has 0 unspecified atom stereocenters. The van der Waals surface area contributed by atoms with E-state index in [0.29, 0.717) is 0 Å². The molecule has 0 aliphatic carbocycles. The van der Waals surface area contributed by atoms with Crippen molar-refractivity contribution in [2.75, 3.05) is 13.1 Å². The maximum atomic E-state index is 3.81. The summed E-state index contributed by atoms with van der Waals surface area (Å²) in [6.45, 7) is 7.36. The second-order valence-electron chi connectivity index (χ2n) is 7.89. The first-order valence-electron chi connectivity index (χ1n) is 9.57. The van der Waals surface area contributed by atoms with Gasteiger partial charge in [-0.2, -0.15) is 0 Å². The van der Waals surface area contributed by atoms with Gasteiger partial charge in [-0.1, -0.05) is 38.0 Å². The van der Waals surface area contributed by atoms with Gasteiger partial charge in [0.2, 0.25) is 0 Å². The summed E-state index contributed by atoms with van der Waals surface area (Å²) in [6, 6.07) is 8.88. The van der Waals surface area contributed by atoms with Gasteiger partial charge in [-0.3, -0.25) is 4.90 Å². The van der Waals surface area contributed by atoms with E-state index < -0.39 is 0 Å². The quantitative estimate of drug-likeness (QED) is 0.822. The molecule has 1 saturated heterocycles. The smallest absolute Gasteiger partial charge is 0.0586 e. The number of hydrogen-bond acceptors (Lipinski definition) is 1. The number of aromatic amines is 1. The summed E-state index contributed by atoms with van der Waals surface area (Å²) in [5, 5.41) is 1.46. The Morgan fingerprint density at radius 1 is 1.30 bits per heavy atom. The highest BCUT2D eigenvalue weighted by atomic mass is 15.2. The summed E-state index contributed by atoms with van der Waals surface area (Å²) >= 11 is 0. The number of benzene rings is 1. The number of nitrogens with zero attached hydrogens (tertiary/aromatic N) is 1. The minimum absolute atomic E-state index is 0.216. The number of hydrogen-bond donors (Lipinski definition) is 1. The predicted octanol–water partition coefficient (Wildman–Crippen LogP) is 5.23. The summed E-state index contributed by atoms with van der Waals surface area (Å²) in [5.74, 6) is 0.911. The maximum absolute atomic E-state index is 3.81. The number of rotatable bonds is 3. The lowest BCUT2D eigenvalue weighted by Gasteiger charge is -2.47. The van der Waals surface area contributed by atoms with Crippen molar-refractivity contribution in [1.82, 2.24) is 9.88 Å². The third kappa shape index (κ3) is 2.52. The molecule has 1 fully saturated rings. The zero-order valence-corrected chi connectivity index (χ0v) is 14.7. The number of nitrogens with one attached hydrogen (secondary N) is 1. The summed E-state index contributed by atoms with van der Waals surface area (Å²) in [7, 11) is 0. The molecule has 1 aromatic heterocycles. The maximum Gasteiger partial charge on any atom is 0.0586 e. The van der Waals surface area contributed by atoms with Crippen molar-refractivity contribution in [1.29, 1.82) is 0 Å². The molecule has 0 amide bonds. The van der Waals surface area contributed by atoms with Crippen LogP contribution in [0.1, 0.15) is 63.6 Å². The Morgan fingerprint density at radius 2 is 2.17 bits per heavy atom. The lowest BCUT2D eigenvalue weighted by molar-refractivity contribution is 0.0264. The van der Waals surface area contributed by atoms with Crippen molar-refractivity contribution in [3.05, 3.63) is 35.5 Å². The molecule has 0 radical (unpaired) electrons. The highest BCUT2D eigenvalue weighted by molar-refractivity contribution is 5.85. The molecule has 0 bridgehead atoms. The van der Waals surface area contributed by atoms with Gasteiger partial charge in [-0.15, -0.1) is 0 Å². The van der Waals surface area contributed by atoms with Gasteiger partial charge in [0.05, 0.1) is 5.54 Å². The average molecular weight is 310 g/mol. The molecule has 3 heterocycles. The van der Waals surface area contributed by atoms with Crippen LogP contribution in [0.3, 0.4) is 0 Å². The number of aryl methyl sites for hydroxylation is 1. The third-order valence-electron chi connectivity index (χ3n) is 6.39. The minimum Gasteiger partial charge on any atom is -0.357 e. The summed E-state index contributed by atoms with van der Waals surface area (Å²) in [5.41, 5.74) is 4.66. The second-order valence-corrected chi connectivity index (χ2v) is 7.89. The molecule has 1 aromatic carbocycles. The molecule has 2 aromatic rings. The fraction of sp³-hybridized carbons (Fsp3) is 0.619. The fourth-order valence-corrected chi connectivity index (χ4v) is 4.96. The normalized spacial score (nSPS) is 28.3. The van der Waals surface area contributed by atoms with E-state index in [4.69, 9.17) is 0 Å². The van der Waals surface area contributed by atoms with E-state index in [0.717, 1.165) is 5.92 Å². The topological polar surface area (TPSA) is 19.0 Å². The second kappa shape index (κ2) is 5.98. The molecule has 124 valence electrons. The predicted molar refractivity (Wildman–Crippen MR) is 97.8 cm³/mol. The average Bonchev–Trinajstić information content (AvgIpc) is 2.88. The standard InChI is InChI=1S/C21H30N2/c1-3-4-8-16-12-13-21(2)20-18(10-7-14-23(21)15-16)17-9-5-6-11-19(17)22-20/h5-6,9,11,16,22H,3-4,7-8,10,12-15H2,1-2H3/t16-,21+/m0/s1. The van der Waals surface area contributed by atoms with Crippen LogP contribution in [0.4, 0.5) is 0 Å². The van der Waals surface area contributed by atoms with Crippen LogP contribution in [-0.2, 0) is 12.0 Å². The van der Waals surface area contributed by atoms with Crippen molar-refractivity contribution in [3.63, 3.8) is 0 Å². The number of fused-ring (bicyclic) bond motifs is 5. The van der Waals surface area contributed by atoms with Gasteiger partial charge in [0.15, 0.2) is 0 Å². The zero-order valence-electron chi connectivity index (χ0n) is 14.7. The minimum atomic E-state index is 0.216. The van der Waals surface area contributed by atoms with Crippen LogP contribution in [0.5, 0.6) is 0 Å². The zero-order chi connectivity index (χ0) is 15.9. The number of unbranched alkanes of at least 4 members (excludes halogenated alkanes) is 1. The van der Waals surface area contributed by atoms with Gasteiger partial charge in [-0.05, 0) is 63.1 Å². The highest BCUT2D eigenvalue weighted by Crippen LogP contribution is 2.44. The monoisotopic (exact) mass is 310 g/mol. The lowest BCUT2D eigenvalue weighted by atomic mass is 9.79. The van der Waals surface area contributed by atoms with Crippen molar-refractivity contribution in [3.8, 4) is 0 Å². The summed E-state index contributed by atoms with van der Waals surface area (Å²) in [6.07, 6.45) is 9.37. The molecule has 1 N–H and O–H groups in total. The van der Waals surface area contributed by atoms with Crippen molar-refractivity contribution < 1.29 is 0 Å². The van der Waals surface area contributed by atoms with Crippen LogP contribution in [0.15, 0.2) is 24.3 Å². The third-order valence-corrected chi connectivity index (χ3v) is 6.39. The van der Waals surface area contributed by atoms with Gasteiger partial charge < -0.3 is 4.98 Å². The number of para-hydroxylation sites is 1. The first-order chi connectivity index (χ1) is 11.2. The Labute approximate surface area is 140 Å². The van der Waals surface area contributed by atoms with E-state index in [9.17, 15) is 0 Å². The van der Waals surface area contributed by atoms with E-state index in [-0.39, 0.29) is 5.54 Å². The van der Waals surface area contributed by atoms with Crippen LogP contribution in [-0.4, -0.2) is 23.0 Å². The van der Waals surface area contributed by atoms with E-state index >= 15 is 0 Å². The molecule has 23 heavy (non-hydrogen) atoms. The van der Waals surface area contributed by atoms with Gasteiger partial charge in [0, 0.05) is 23.1 Å². The molecular formula is C21H30N2. The molecule has 2 atom stereocenters. The van der Waals surface area contributed by atoms with Gasteiger partial charge in [0.1, 0.15) is 0 Å². The number of H-pyrrole nitrogens is 1. The van der Waals surface area contributed by atoms with Gasteiger partial charge in [-0.25, -0.2) is 0 Å². The van der Waals surface area contributed by atoms with E-state index in [2.05, 4.69) is 48.0 Å². The molecule has 2 aliphatic rings. The molecule has 2 aliphatic heterocycles. The Kier molecular flexibility index (Phi) is 3.96. The van der Waals surface area contributed by atoms with E-state index in [1.807, 2.05) is 0 Å². The first kappa shape index (κ1) is 15.3. The molecule has 2 nitrogen and oxygen atoms in total. The first-order valence-corrected chi connectivity index (χ1v) is 9.57. The highest BCUT2D eigenvalue weighted by Gasteiger charge is 2.42. The van der Waals surface area contributed by atoms with Crippen molar-refractivity contribution in [2.45, 2.75) is 64.3 Å². The molecule has 4 rings (SSSR count). The van der Waals surface area contributed by atoms with Crippen LogP contribution in [0.2, 0.25) is 0 Å². The van der Waals surface area contributed by atoms with Crippen LogP contribution >= 0.6 is 0 Å². The lowest BCUT2D eigenvalue weighted by Crippen LogP contribution is -2.50. The molecule has 0 spiro atoms. The fourth-order valence-electron chi connectivity index (χ4n) is 4.96. The number of aromatic nitrogens is 1. The van der Waals surface area contributed by atoms with Crippen molar-refractivity contribution in [2.24, 2.45) is 5.92 Å². The van der Waals surface area contributed by atoms with Crippen LogP contribution in [0, 0.1) is 5.92 Å². The Morgan fingerprint density at radius 3 is 3.04 bits per heavy atom. The summed E-state index contributed by atoms with van der Waals surface area (Å²) in [4.78, 5) is 6.62. The molecule has 2 heteroatoms. The van der Waals surface area contributed by atoms with Gasteiger partial charge in [0.25, 0.3) is 0 Å². The molecular weight excluding hydrogens is 280 g/mol. The summed E-state index contributed by atoms with van der Waals surface area (Å²) < 4.78 is 0. The Balaban J connectivity index is 1.70. The Hall–Kier alpha value is -1.28. The van der Waals surface area contributed by atoms with Crippen molar-refractivity contribution >= 4 is 10.9 Å². The Bertz CT molecular complexity index is 686. The molecule has 0 saturated carbocycles. The van der Waals surface area contributed by atoms with Gasteiger partial charge >= 0.3 is 0 Å². The van der Waals surface area contributed by atoms with Crippen LogP contribution in [0.25, 0.3) is 10.9 Å². The number of piperidine rings is 1. The van der Waals surface area contributed by atoms with E-state index in [1.54, 1.807) is 5.56 Å². The SMILES string of the molecule is CCCC[C@H]1CC[C@]2(C)c3[nH]c4ccccc4c3CCCN2C1. The van der Waals surface area contributed by atoms with Crippen LogP contribution < -0.4 is 0 Å². The largest absolute Gasteiger partial charge is 0.357 e.